The fourth-order valence-electron chi connectivity index (χ4n) is 2.14. The van der Waals surface area contributed by atoms with Crippen LogP contribution in [-0.4, -0.2) is 42.4 Å². The van der Waals surface area contributed by atoms with E-state index in [1.54, 1.807) is 11.3 Å². The fraction of sp³-hybridized carbons (Fsp3) is 0.667. The molecule has 1 N–H and O–H groups in total. The van der Waals surface area contributed by atoms with Gasteiger partial charge in [-0.05, 0) is 34.3 Å². The van der Waals surface area contributed by atoms with E-state index in [2.05, 4.69) is 27.8 Å². The Morgan fingerprint density at radius 2 is 2.47 bits per heavy atom. The molecule has 1 aromatic rings. The molecule has 0 saturated carbocycles. The molecule has 0 radical (unpaired) electrons. The quantitative estimate of drug-likeness (QED) is 0.926. The molecule has 1 saturated heterocycles. The van der Waals surface area contributed by atoms with E-state index < -0.39 is 6.10 Å². The Hall–Kier alpha value is 0.0600. The van der Waals surface area contributed by atoms with Crippen molar-refractivity contribution in [2.45, 2.75) is 25.6 Å². The molecular weight excluding hydrogens is 302 g/mol. The minimum Gasteiger partial charge on any atom is -0.386 e. The molecule has 3 nitrogen and oxygen atoms in total. The molecule has 2 atom stereocenters. The zero-order chi connectivity index (χ0) is 12.3. The van der Waals surface area contributed by atoms with Gasteiger partial charge in [-0.25, -0.2) is 0 Å². The second kappa shape index (κ2) is 6.29. The number of hydrogen-bond acceptors (Lipinski definition) is 4. The van der Waals surface area contributed by atoms with Gasteiger partial charge < -0.3 is 9.84 Å². The minimum atomic E-state index is -0.532. The molecule has 17 heavy (non-hydrogen) atoms. The highest BCUT2D eigenvalue weighted by Crippen LogP contribution is 2.31. The monoisotopic (exact) mass is 319 g/mol. The predicted octanol–water partition coefficient (Wildman–Crippen LogP) is 2.65. The summed E-state index contributed by atoms with van der Waals surface area (Å²) >= 11 is 5.05. The molecule has 5 heteroatoms. The summed E-state index contributed by atoms with van der Waals surface area (Å²) < 4.78 is 6.67. The lowest BCUT2D eigenvalue weighted by Crippen LogP contribution is -2.45. The van der Waals surface area contributed by atoms with Crippen molar-refractivity contribution in [3.63, 3.8) is 0 Å². The topological polar surface area (TPSA) is 32.7 Å². The number of morpholine rings is 1. The van der Waals surface area contributed by atoms with Crippen LogP contribution in [0, 0.1) is 0 Å². The summed E-state index contributed by atoms with van der Waals surface area (Å²) in [6.07, 6.45) is 0.502. The maximum Gasteiger partial charge on any atom is 0.108 e. The lowest BCUT2D eigenvalue weighted by Gasteiger charge is -2.35. The molecule has 96 valence electrons. The molecular formula is C12H18BrNO2S. The molecule has 1 aliphatic rings. The molecule has 0 amide bonds. The molecule has 1 fully saturated rings. The number of thiophene rings is 1. The van der Waals surface area contributed by atoms with Crippen LogP contribution >= 0.6 is 27.3 Å². The van der Waals surface area contributed by atoms with Crippen molar-refractivity contribution in [1.29, 1.82) is 0 Å². The zero-order valence-electron chi connectivity index (χ0n) is 9.93. The van der Waals surface area contributed by atoms with E-state index in [0.29, 0.717) is 6.61 Å². The molecule has 0 spiro atoms. The predicted molar refractivity (Wildman–Crippen MR) is 73.4 cm³/mol. The van der Waals surface area contributed by atoms with Crippen LogP contribution in [0.4, 0.5) is 0 Å². The summed E-state index contributed by atoms with van der Waals surface area (Å²) in [5.74, 6) is 0. The van der Waals surface area contributed by atoms with Crippen molar-refractivity contribution in [3.05, 3.63) is 20.8 Å². The first kappa shape index (κ1) is 13.5. The minimum absolute atomic E-state index is 0.110. The van der Waals surface area contributed by atoms with Crippen molar-refractivity contribution in [2.75, 3.05) is 26.2 Å². The van der Waals surface area contributed by atoms with Gasteiger partial charge in [0, 0.05) is 28.5 Å². The van der Waals surface area contributed by atoms with E-state index in [1.165, 1.54) is 0 Å². The van der Waals surface area contributed by atoms with Gasteiger partial charge in [0.15, 0.2) is 0 Å². The van der Waals surface area contributed by atoms with Crippen LogP contribution in [0.2, 0.25) is 0 Å². The number of rotatable bonds is 4. The maximum atomic E-state index is 10.3. The van der Waals surface area contributed by atoms with Crippen molar-refractivity contribution in [3.8, 4) is 0 Å². The Kier molecular flexibility index (Phi) is 4.99. The zero-order valence-corrected chi connectivity index (χ0v) is 12.3. The highest BCUT2D eigenvalue weighted by atomic mass is 79.9. The smallest absolute Gasteiger partial charge is 0.108 e. The normalized spacial score (nSPS) is 23.8. The number of halogens is 1. The molecule has 1 aromatic heterocycles. The van der Waals surface area contributed by atoms with Crippen LogP contribution < -0.4 is 0 Å². The Morgan fingerprint density at radius 3 is 3.12 bits per heavy atom. The fourth-order valence-corrected chi connectivity index (χ4v) is 3.71. The first-order valence-electron chi connectivity index (χ1n) is 5.96. The highest BCUT2D eigenvalue weighted by Gasteiger charge is 2.28. The third-order valence-electron chi connectivity index (χ3n) is 3.03. The Labute approximate surface area is 115 Å². The van der Waals surface area contributed by atoms with E-state index in [1.807, 2.05) is 10.8 Å². The summed E-state index contributed by atoms with van der Waals surface area (Å²) in [5, 5.41) is 14.3. The van der Waals surface area contributed by atoms with Crippen molar-refractivity contribution in [2.24, 2.45) is 0 Å². The number of aliphatic hydroxyl groups excluding tert-OH is 1. The van der Waals surface area contributed by atoms with Crippen LogP contribution in [0.15, 0.2) is 15.2 Å². The van der Waals surface area contributed by atoms with Gasteiger partial charge in [-0.3, -0.25) is 4.90 Å². The van der Waals surface area contributed by atoms with Crippen LogP contribution in [-0.2, 0) is 4.74 Å². The Morgan fingerprint density at radius 1 is 1.65 bits per heavy atom. The van der Waals surface area contributed by atoms with Crippen molar-refractivity contribution < 1.29 is 9.84 Å². The van der Waals surface area contributed by atoms with Gasteiger partial charge in [0.05, 0.1) is 6.61 Å². The SMILES string of the molecule is CCCN1CCOC(C(O)c2cscc2Br)C1. The van der Waals surface area contributed by atoms with Gasteiger partial charge in [0.1, 0.15) is 12.2 Å². The number of nitrogens with zero attached hydrogens (tertiary/aromatic N) is 1. The average Bonchev–Trinajstić information content (AvgIpc) is 2.75. The molecule has 0 aromatic carbocycles. The van der Waals surface area contributed by atoms with Crippen LogP contribution in [0.5, 0.6) is 0 Å². The van der Waals surface area contributed by atoms with Gasteiger partial charge in [-0.1, -0.05) is 6.92 Å². The molecule has 2 rings (SSSR count). The van der Waals surface area contributed by atoms with E-state index in [4.69, 9.17) is 4.74 Å². The Balaban J connectivity index is 1.99. The van der Waals surface area contributed by atoms with E-state index in [9.17, 15) is 5.11 Å². The molecule has 2 unspecified atom stereocenters. The maximum absolute atomic E-state index is 10.3. The number of ether oxygens (including phenoxy) is 1. The first-order valence-corrected chi connectivity index (χ1v) is 7.69. The lowest BCUT2D eigenvalue weighted by molar-refractivity contribution is -0.0899. The van der Waals surface area contributed by atoms with Crippen LogP contribution in [0.1, 0.15) is 25.0 Å². The lowest BCUT2D eigenvalue weighted by atomic mass is 10.1. The van der Waals surface area contributed by atoms with Gasteiger partial charge >= 0.3 is 0 Å². The average molecular weight is 320 g/mol. The summed E-state index contributed by atoms with van der Waals surface area (Å²) in [6, 6.07) is 0. The van der Waals surface area contributed by atoms with Gasteiger partial charge in [-0.2, -0.15) is 11.3 Å². The largest absolute Gasteiger partial charge is 0.386 e. The number of aliphatic hydroxyl groups is 1. The summed E-state index contributed by atoms with van der Waals surface area (Å²) in [6.45, 7) is 5.76. The van der Waals surface area contributed by atoms with Crippen LogP contribution in [0.25, 0.3) is 0 Å². The van der Waals surface area contributed by atoms with E-state index in [-0.39, 0.29) is 6.10 Å². The second-order valence-electron chi connectivity index (χ2n) is 4.33. The third-order valence-corrected chi connectivity index (χ3v) is 4.78. The standard InChI is InChI=1S/C12H18BrNO2S/c1-2-3-14-4-5-16-11(6-14)12(15)9-7-17-8-10(9)13/h7-8,11-12,15H,2-6H2,1H3. The van der Waals surface area contributed by atoms with Crippen molar-refractivity contribution >= 4 is 27.3 Å². The molecule has 1 aliphatic heterocycles. The first-order chi connectivity index (χ1) is 8.22. The third kappa shape index (κ3) is 3.29. The van der Waals surface area contributed by atoms with Crippen molar-refractivity contribution in [1.82, 2.24) is 4.90 Å². The molecule has 2 heterocycles. The van der Waals surface area contributed by atoms with E-state index >= 15 is 0 Å². The molecule has 0 bridgehead atoms. The van der Waals surface area contributed by atoms with Gasteiger partial charge in [0.2, 0.25) is 0 Å². The van der Waals surface area contributed by atoms with Crippen LogP contribution in [0.3, 0.4) is 0 Å². The number of hydrogen-bond donors (Lipinski definition) is 1. The Bertz CT molecular complexity index is 356. The molecule has 0 aliphatic carbocycles. The summed E-state index contributed by atoms with van der Waals surface area (Å²) in [4.78, 5) is 2.36. The summed E-state index contributed by atoms with van der Waals surface area (Å²) in [7, 11) is 0. The van der Waals surface area contributed by atoms with Gasteiger partial charge in [0.25, 0.3) is 0 Å². The second-order valence-corrected chi connectivity index (χ2v) is 5.93. The summed E-state index contributed by atoms with van der Waals surface area (Å²) in [5.41, 5.74) is 0.943. The highest BCUT2D eigenvalue weighted by molar-refractivity contribution is 9.10. The van der Waals surface area contributed by atoms with Gasteiger partial charge in [-0.15, -0.1) is 0 Å². The van der Waals surface area contributed by atoms with E-state index in [0.717, 1.165) is 36.1 Å².